The van der Waals surface area contributed by atoms with Crippen molar-refractivity contribution in [3.63, 3.8) is 0 Å². The van der Waals surface area contributed by atoms with Gasteiger partial charge in [-0.05, 0) is 11.6 Å². The Balaban J connectivity index is 3.23. The second-order valence-electron chi connectivity index (χ2n) is 3.43. The van der Waals surface area contributed by atoms with Gasteiger partial charge < -0.3 is 9.84 Å². The molecule has 1 aromatic carbocycles. The van der Waals surface area contributed by atoms with E-state index in [4.69, 9.17) is 5.11 Å². The van der Waals surface area contributed by atoms with E-state index in [1.807, 2.05) is 0 Å². The minimum atomic E-state index is -4.57. The molecule has 6 heteroatoms. The van der Waals surface area contributed by atoms with Crippen LogP contribution in [0.3, 0.4) is 0 Å². The highest BCUT2D eigenvalue weighted by Crippen LogP contribution is 2.35. The molecular formula is C11H11F3O3. The predicted octanol–water partition coefficient (Wildman–Crippen LogP) is 2.52. The van der Waals surface area contributed by atoms with Gasteiger partial charge in [0.25, 0.3) is 0 Å². The van der Waals surface area contributed by atoms with Crippen molar-refractivity contribution < 1.29 is 27.8 Å². The Morgan fingerprint density at radius 1 is 1.41 bits per heavy atom. The van der Waals surface area contributed by atoms with Crippen LogP contribution in [0, 0.1) is 0 Å². The number of carbonyl (C=O) groups is 1. The van der Waals surface area contributed by atoms with Gasteiger partial charge in [0.2, 0.25) is 0 Å². The van der Waals surface area contributed by atoms with Crippen LogP contribution in [0.5, 0.6) is 0 Å². The highest BCUT2D eigenvalue weighted by molar-refractivity contribution is 5.77. The number of carboxylic acids is 1. The molecule has 1 rings (SSSR count). The van der Waals surface area contributed by atoms with E-state index >= 15 is 0 Å². The molecule has 0 saturated carbocycles. The third-order valence-electron chi connectivity index (χ3n) is 2.27. The van der Waals surface area contributed by atoms with Gasteiger partial charge in [-0.3, -0.25) is 4.79 Å². The topological polar surface area (TPSA) is 46.5 Å². The van der Waals surface area contributed by atoms with Crippen LogP contribution in [0.25, 0.3) is 0 Å². The van der Waals surface area contributed by atoms with Crippen LogP contribution in [0.2, 0.25) is 0 Å². The molecule has 0 spiro atoms. The van der Waals surface area contributed by atoms with E-state index in [0.29, 0.717) is 0 Å². The summed E-state index contributed by atoms with van der Waals surface area (Å²) in [6, 6.07) is 4.61. The van der Waals surface area contributed by atoms with Crippen molar-refractivity contribution in [1.29, 1.82) is 0 Å². The molecule has 17 heavy (non-hydrogen) atoms. The molecule has 1 atom stereocenters. The number of ether oxygens (including phenoxy) is 1. The summed E-state index contributed by atoms with van der Waals surface area (Å²) in [5.41, 5.74) is -1.22. The van der Waals surface area contributed by atoms with E-state index in [2.05, 4.69) is 4.74 Å². The minimum absolute atomic E-state index is 0.283. The largest absolute Gasteiger partial charge is 0.481 e. The molecule has 1 aromatic rings. The number of hydrogen-bond donors (Lipinski definition) is 1. The van der Waals surface area contributed by atoms with E-state index < -0.39 is 23.6 Å². The van der Waals surface area contributed by atoms with Crippen molar-refractivity contribution in [2.24, 2.45) is 0 Å². The molecule has 94 valence electrons. The maximum absolute atomic E-state index is 12.7. The maximum atomic E-state index is 12.7. The highest BCUT2D eigenvalue weighted by atomic mass is 19.4. The Kier molecular flexibility index (Phi) is 4.11. The summed E-state index contributed by atoms with van der Waals surface area (Å²) in [5, 5.41) is 8.90. The number of rotatable bonds is 4. The Labute approximate surface area is 95.8 Å². The predicted molar refractivity (Wildman–Crippen MR) is 53.7 cm³/mol. The lowest BCUT2D eigenvalue weighted by molar-refractivity contribution is -0.142. The van der Waals surface area contributed by atoms with Gasteiger partial charge in [0.1, 0.15) is 5.92 Å². The van der Waals surface area contributed by atoms with Crippen molar-refractivity contribution in [3.05, 3.63) is 35.4 Å². The van der Waals surface area contributed by atoms with Crippen LogP contribution in [0.1, 0.15) is 17.0 Å². The number of alkyl halides is 3. The summed E-state index contributed by atoms with van der Waals surface area (Å²) < 4.78 is 42.7. The molecule has 0 aromatic heterocycles. The van der Waals surface area contributed by atoms with E-state index in [1.54, 1.807) is 0 Å². The number of hydrogen-bond acceptors (Lipinski definition) is 2. The highest BCUT2D eigenvalue weighted by Gasteiger charge is 2.36. The molecule has 0 aliphatic heterocycles. The zero-order chi connectivity index (χ0) is 13.1. The van der Waals surface area contributed by atoms with E-state index in [1.165, 1.54) is 19.2 Å². The number of aliphatic carboxylic acids is 1. The minimum Gasteiger partial charge on any atom is -0.481 e. The second-order valence-corrected chi connectivity index (χ2v) is 3.43. The second kappa shape index (κ2) is 5.18. The van der Waals surface area contributed by atoms with E-state index in [9.17, 15) is 18.0 Å². The molecule has 0 saturated heterocycles. The quantitative estimate of drug-likeness (QED) is 0.890. The Morgan fingerprint density at radius 3 is 2.47 bits per heavy atom. The molecule has 0 amide bonds. The summed E-state index contributed by atoms with van der Waals surface area (Å²) in [5.74, 6) is -2.67. The van der Waals surface area contributed by atoms with Gasteiger partial charge in [0.15, 0.2) is 0 Å². The van der Waals surface area contributed by atoms with Crippen LogP contribution in [-0.2, 0) is 15.7 Å². The first-order chi connectivity index (χ1) is 7.88. The number of methoxy groups -OCH3 is 1. The van der Waals surface area contributed by atoms with Gasteiger partial charge >= 0.3 is 12.1 Å². The van der Waals surface area contributed by atoms with Crippen molar-refractivity contribution in [3.8, 4) is 0 Å². The average molecular weight is 248 g/mol. The fourth-order valence-electron chi connectivity index (χ4n) is 1.52. The van der Waals surface area contributed by atoms with Gasteiger partial charge in [0, 0.05) is 7.11 Å². The van der Waals surface area contributed by atoms with E-state index in [0.717, 1.165) is 12.1 Å². The SMILES string of the molecule is COCC(C(=O)O)c1ccccc1C(F)(F)F. The van der Waals surface area contributed by atoms with Gasteiger partial charge in [-0.2, -0.15) is 13.2 Å². The zero-order valence-corrected chi connectivity index (χ0v) is 8.99. The molecule has 3 nitrogen and oxygen atoms in total. The lowest BCUT2D eigenvalue weighted by Gasteiger charge is -2.17. The normalized spacial score (nSPS) is 13.4. The first-order valence-corrected chi connectivity index (χ1v) is 4.75. The third kappa shape index (κ3) is 3.20. The summed E-state index contributed by atoms with van der Waals surface area (Å²) in [6.07, 6.45) is -4.57. The molecule has 0 bridgehead atoms. The molecule has 0 radical (unpaired) electrons. The molecule has 0 fully saturated rings. The fraction of sp³-hybridized carbons (Fsp3) is 0.364. The third-order valence-corrected chi connectivity index (χ3v) is 2.27. The lowest BCUT2D eigenvalue weighted by atomic mass is 9.94. The van der Waals surface area contributed by atoms with Gasteiger partial charge in [-0.25, -0.2) is 0 Å². The van der Waals surface area contributed by atoms with Crippen LogP contribution in [-0.4, -0.2) is 24.8 Å². The summed E-state index contributed by atoms with van der Waals surface area (Å²) in [4.78, 5) is 10.9. The van der Waals surface area contributed by atoms with Crippen LogP contribution < -0.4 is 0 Å². The van der Waals surface area contributed by atoms with Gasteiger partial charge in [-0.15, -0.1) is 0 Å². The lowest BCUT2D eigenvalue weighted by Crippen LogP contribution is -2.21. The maximum Gasteiger partial charge on any atom is 0.416 e. The summed E-state index contributed by atoms with van der Waals surface area (Å²) in [6.45, 7) is -0.303. The molecule has 1 unspecified atom stereocenters. The Morgan fingerprint density at radius 2 is 2.00 bits per heavy atom. The van der Waals surface area contributed by atoms with Crippen LogP contribution >= 0.6 is 0 Å². The van der Waals surface area contributed by atoms with Crippen molar-refractivity contribution in [2.45, 2.75) is 12.1 Å². The first kappa shape index (κ1) is 13.5. The Hall–Kier alpha value is -1.56. The van der Waals surface area contributed by atoms with Crippen LogP contribution in [0.15, 0.2) is 24.3 Å². The van der Waals surface area contributed by atoms with Crippen molar-refractivity contribution >= 4 is 5.97 Å². The van der Waals surface area contributed by atoms with Crippen molar-refractivity contribution in [2.75, 3.05) is 13.7 Å². The van der Waals surface area contributed by atoms with Gasteiger partial charge in [-0.1, -0.05) is 18.2 Å². The van der Waals surface area contributed by atoms with Gasteiger partial charge in [0.05, 0.1) is 12.2 Å². The average Bonchev–Trinajstić information content (AvgIpc) is 2.24. The monoisotopic (exact) mass is 248 g/mol. The molecular weight excluding hydrogens is 237 g/mol. The van der Waals surface area contributed by atoms with Crippen molar-refractivity contribution in [1.82, 2.24) is 0 Å². The Bertz CT molecular complexity index is 401. The zero-order valence-electron chi connectivity index (χ0n) is 8.99. The first-order valence-electron chi connectivity index (χ1n) is 4.75. The van der Waals surface area contributed by atoms with Crippen LogP contribution in [0.4, 0.5) is 13.2 Å². The number of carboxylic acid groups (broad SMARTS) is 1. The smallest absolute Gasteiger partial charge is 0.416 e. The number of halogens is 3. The molecule has 0 heterocycles. The molecule has 0 aliphatic rings. The summed E-state index contributed by atoms with van der Waals surface area (Å²) >= 11 is 0. The number of benzene rings is 1. The standard InChI is InChI=1S/C11H11F3O3/c1-17-6-8(10(15)16)7-4-2-3-5-9(7)11(12,13)14/h2-5,8H,6H2,1H3,(H,15,16). The fourth-order valence-corrected chi connectivity index (χ4v) is 1.52. The van der Waals surface area contributed by atoms with E-state index in [-0.39, 0.29) is 12.2 Å². The summed E-state index contributed by atoms with van der Waals surface area (Å²) in [7, 11) is 1.24. The molecule has 0 aliphatic carbocycles. The molecule has 1 N–H and O–H groups in total.